The Hall–Kier alpha value is -3.12. The third kappa shape index (κ3) is 4.24. The minimum atomic E-state index is -0.0813. The zero-order valence-electron chi connectivity index (χ0n) is 17.7. The highest BCUT2D eigenvalue weighted by atomic mass is 16.1. The summed E-state index contributed by atoms with van der Waals surface area (Å²) in [7, 11) is 2.16. The van der Waals surface area contributed by atoms with Gasteiger partial charge in [-0.15, -0.1) is 0 Å². The Kier molecular flexibility index (Phi) is 6.14. The first-order valence-corrected chi connectivity index (χ1v) is 10.6. The molecule has 3 aromatic rings. The lowest BCUT2D eigenvalue weighted by Gasteiger charge is -2.35. The second-order valence-electron chi connectivity index (χ2n) is 7.71. The maximum atomic E-state index is 13.0. The fourth-order valence-electron chi connectivity index (χ4n) is 3.98. The summed E-state index contributed by atoms with van der Waals surface area (Å²) in [5, 5.41) is 7.59. The molecule has 4 rings (SSSR count). The lowest BCUT2D eigenvalue weighted by molar-refractivity contribution is 0.0950. The maximum absolute atomic E-state index is 13.0. The van der Waals surface area contributed by atoms with Crippen molar-refractivity contribution in [3.63, 3.8) is 0 Å². The molecule has 2 aromatic carbocycles. The number of carbonyl (C=O) groups excluding carboxylic acids is 1. The van der Waals surface area contributed by atoms with Crippen molar-refractivity contribution in [2.24, 2.45) is 0 Å². The molecule has 30 heavy (non-hydrogen) atoms. The van der Waals surface area contributed by atoms with Gasteiger partial charge in [0.15, 0.2) is 0 Å². The van der Waals surface area contributed by atoms with Gasteiger partial charge in [0.05, 0.1) is 23.1 Å². The van der Waals surface area contributed by atoms with E-state index in [4.69, 9.17) is 0 Å². The molecule has 1 fully saturated rings. The van der Waals surface area contributed by atoms with Crippen LogP contribution in [-0.2, 0) is 13.0 Å². The van der Waals surface area contributed by atoms with Crippen molar-refractivity contribution in [1.29, 1.82) is 0 Å². The predicted octanol–water partition coefficient (Wildman–Crippen LogP) is 3.12. The number of aromatic nitrogens is 2. The molecule has 1 aliphatic heterocycles. The van der Waals surface area contributed by atoms with E-state index < -0.39 is 0 Å². The van der Waals surface area contributed by atoms with Gasteiger partial charge in [0.1, 0.15) is 0 Å². The van der Waals surface area contributed by atoms with Crippen LogP contribution in [0, 0.1) is 0 Å². The number of nitrogens with zero attached hydrogens (tertiary/aromatic N) is 4. The summed E-state index contributed by atoms with van der Waals surface area (Å²) >= 11 is 0. The Morgan fingerprint density at radius 1 is 1.00 bits per heavy atom. The first-order chi connectivity index (χ1) is 14.7. The summed E-state index contributed by atoms with van der Waals surface area (Å²) in [6.45, 7) is 6.67. The molecular weight excluding hydrogens is 374 g/mol. The highest BCUT2D eigenvalue weighted by molar-refractivity contribution is 5.95. The van der Waals surface area contributed by atoms with E-state index in [0.717, 1.165) is 49.5 Å². The Labute approximate surface area is 178 Å². The maximum Gasteiger partial charge on any atom is 0.255 e. The standard InChI is InChI=1S/C24H29N5O/c1-3-22-21(18-26-29(22)20-10-5-4-6-11-20)24(30)25-17-19-9-7-8-12-23(19)28-15-13-27(2)14-16-28/h4-12,18H,3,13-17H2,1-2H3,(H,25,30). The molecule has 0 aliphatic carbocycles. The van der Waals surface area contributed by atoms with Crippen molar-refractivity contribution in [3.05, 3.63) is 77.6 Å². The topological polar surface area (TPSA) is 53.4 Å². The van der Waals surface area contributed by atoms with E-state index in [0.29, 0.717) is 12.1 Å². The van der Waals surface area contributed by atoms with Gasteiger partial charge >= 0.3 is 0 Å². The first kappa shape index (κ1) is 20.2. The summed E-state index contributed by atoms with van der Waals surface area (Å²) < 4.78 is 1.85. The van der Waals surface area contributed by atoms with Gasteiger partial charge in [-0.3, -0.25) is 4.79 Å². The smallest absolute Gasteiger partial charge is 0.255 e. The van der Waals surface area contributed by atoms with Crippen LogP contribution in [0.2, 0.25) is 0 Å². The molecule has 0 radical (unpaired) electrons. The first-order valence-electron chi connectivity index (χ1n) is 10.6. The van der Waals surface area contributed by atoms with Crippen LogP contribution in [0.4, 0.5) is 5.69 Å². The van der Waals surface area contributed by atoms with Gasteiger partial charge in [0, 0.05) is 38.4 Å². The summed E-state index contributed by atoms with van der Waals surface area (Å²) in [5.74, 6) is -0.0813. The molecule has 0 atom stereocenters. The Balaban J connectivity index is 1.49. The number of carbonyl (C=O) groups is 1. The molecule has 1 saturated heterocycles. The van der Waals surface area contributed by atoms with Crippen LogP contribution in [0.25, 0.3) is 5.69 Å². The molecule has 0 unspecified atom stereocenters. The summed E-state index contributed by atoms with van der Waals surface area (Å²) in [6.07, 6.45) is 2.41. The third-order valence-corrected chi connectivity index (χ3v) is 5.72. The molecule has 0 bridgehead atoms. The molecule has 1 N–H and O–H groups in total. The second-order valence-corrected chi connectivity index (χ2v) is 7.71. The van der Waals surface area contributed by atoms with E-state index in [2.05, 4.69) is 52.4 Å². The Morgan fingerprint density at radius 3 is 2.43 bits per heavy atom. The number of anilines is 1. The average Bonchev–Trinajstić information content (AvgIpc) is 3.23. The van der Waals surface area contributed by atoms with Crippen molar-refractivity contribution in [3.8, 4) is 5.69 Å². The molecule has 1 amide bonds. The SMILES string of the molecule is CCc1c(C(=O)NCc2ccccc2N2CCN(C)CC2)cnn1-c1ccccc1. The zero-order valence-corrected chi connectivity index (χ0v) is 17.7. The fourth-order valence-corrected chi connectivity index (χ4v) is 3.98. The van der Waals surface area contributed by atoms with Gasteiger partial charge in [0.25, 0.3) is 5.91 Å². The molecular formula is C24H29N5O. The van der Waals surface area contributed by atoms with Gasteiger partial charge in [-0.25, -0.2) is 4.68 Å². The van der Waals surface area contributed by atoms with E-state index in [1.54, 1.807) is 6.20 Å². The molecule has 6 heteroatoms. The summed E-state index contributed by atoms with van der Waals surface area (Å²) in [4.78, 5) is 17.7. The van der Waals surface area contributed by atoms with E-state index in [9.17, 15) is 4.79 Å². The number of benzene rings is 2. The molecule has 0 spiro atoms. The molecule has 1 aromatic heterocycles. The van der Waals surface area contributed by atoms with Crippen LogP contribution in [0.5, 0.6) is 0 Å². The fraction of sp³-hybridized carbons (Fsp3) is 0.333. The van der Waals surface area contributed by atoms with Gasteiger partial charge in [0.2, 0.25) is 0 Å². The van der Waals surface area contributed by atoms with Crippen LogP contribution in [0.3, 0.4) is 0 Å². The summed E-state index contributed by atoms with van der Waals surface area (Å²) in [6, 6.07) is 18.3. The Bertz CT molecular complexity index is 990. The van der Waals surface area contributed by atoms with Crippen molar-refractivity contribution in [1.82, 2.24) is 20.0 Å². The van der Waals surface area contributed by atoms with Crippen molar-refractivity contribution >= 4 is 11.6 Å². The van der Waals surface area contributed by atoms with E-state index in [-0.39, 0.29) is 5.91 Å². The monoisotopic (exact) mass is 403 g/mol. The zero-order chi connectivity index (χ0) is 20.9. The Morgan fingerprint density at radius 2 is 1.70 bits per heavy atom. The summed E-state index contributed by atoms with van der Waals surface area (Å²) in [5.41, 5.74) is 4.88. The van der Waals surface area contributed by atoms with Crippen LogP contribution >= 0.6 is 0 Å². The van der Waals surface area contributed by atoms with Crippen LogP contribution in [0.15, 0.2) is 60.8 Å². The minimum Gasteiger partial charge on any atom is -0.369 e. The quantitative estimate of drug-likeness (QED) is 0.687. The highest BCUT2D eigenvalue weighted by Gasteiger charge is 2.19. The number of para-hydroxylation sites is 2. The number of piperazine rings is 1. The van der Waals surface area contributed by atoms with Gasteiger partial charge in [-0.05, 0) is 37.2 Å². The van der Waals surface area contributed by atoms with Crippen LogP contribution in [0.1, 0.15) is 28.5 Å². The average molecular weight is 404 g/mol. The molecule has 2 heterocycles. The molecule has 156 valence electrons. The largest absolute Gasteiger partial charge is 0.369 e. The van der Waals surface area contributed by atoms with Gasteiger partial charge < -0.3 is 15.1 Å². The lowest BCUT2D eigenvalue weighted by Crippen LogP contribution is -2.45. The lowest BCUT2D eigenvalue weighted by atomic mass is 10.1. The van der Waals surface area contributed by atoms with Gasteiger partial charge in [-0.1, -0.05) is 43.3 Å². The van der Waals surface area contributed by atoms with Crippen molar-refractivity contribution in [2.75, 3.05) is 38.1 Å². The minimum absolute atomic E-state index is 0.0813. The molecule has 0 saturated carbocycles. The molecule has 1 aliphatic rings. The van der Waals surface area contributed by atoms with Gasteiger partial charge in [-0.2, -0.15) is 5.10 Å². The van der Waals surface area contributed by atoms with E-state index in [1.165, 1.54) is 5.69 Å². The molecule has 6 nitrogen and oxygen atoms in total. The number of rotatable bonds is 6. The number of hydrogen-bond acceptors (Lipinski definition) is 4. The van der Waals surface area contributed by atoms with Crippen molar-refractivity contribution in [2.45, 2.75) is 19.9 Å². The second kappa shape index (κ2) is 9.13. The number of hydrogen-bond donors (Lipinski definition) is 1. The number of amides is 1. The predicted molar refractivity (Wildman–Crippen MR) is 120 cm³/mol. The van der Waals surface area contributed by atoms with Crippen molar-refractivity contribution < 1.29 is 4.79 Å². The number of nitrogens with one attached hydrogen (secondary N) is 1. The van der Waals surface area contributed by atoms with Crippen LogP contribution in [-0.4, -0.2) is 53.8 Å². The van der Waals surface area contributed by atoms with E-state index in [1.807, 2.05) is 41.1 Å². The number of likely N-dealkylation sites (N-methyl/N-ethyl adjacent to an activating group) is 1. The normalized spacial score (nSPS) is 14.7. The third-order valence-electron chi connectivity index (χ3n) is 5.72. The van der Waals surface area contributed by atoms with E-state index >= 15 is 0 Å². The van der Waals surface area contributed by atoms with Crippen LogP contribution < -0.4 is 10.2 Å². The highest BCUT2D eigenvalue weighted by Crippen LogP contribution is 2.22.